The number of hydrogen-bond acceptors (Lipinski definition) is 3. The van der Waals surface area contributed by atoms with Crippen LogP contribution in [0.25, 0.3) is 94.6 Å². The van der Waals surface area contributed by atoms with E-state index in [1.807, 2.05) is 30.3 Å². The van der Waals surface area contributed by atoms with Gasteiger partial charge >= 0.3 is 0 Å². The summed E-state index contributed by atoms with van der Waals surface area (Å²) in [5.74, 6) is 0.623. The molecule has 0 N–H and O–H groups in total. The van der Waals surface area contributed by atoms with Gasteiger partial charge in [0.2, 0.25) is 5.89 Å². The molecule has 0 saturated heterocycles. The molecule has 12 rings (SSSR count). The van der Waals surface area contributed by atoms with Gasteiger partial charge in [-0.25, -0.2) is 4.98 Å². The van der Waals surface area contributed by atoms with Crippen LogP contribution in [0.5, 0.6) is 0 Å². The standard InChI is InChI=1S/C61H45N3O/c1-38-14-8-10-18-55(38)62-39(2)40-22-24-41(25-23-40)45-32-46(42-26-28-43(29-27-42)60-63-56-19-11-13-21-59(56)65-60)34-47(33-45)44-30-31-49-51-36-52-50-17-9-12-20-57(50)64(48-15-6-5-7-16-48)58(52)37-54(51)61(3,4)53(49)35-44/h5-37H,1-4H3. The molecule has 4 nitrogen and oxygen atoms in total. The van der Waals surface area contributed by atoms with E-state index in [0.717, 1.165) is 61.4 Å². The van der Waals surface area contributed by atoms with Crippen molar-refractivity contribution < 1.29 is 4.42 Å². The summed E-state index contributed by atoms with van der Waals surface area (Å²) in [5, 5.41) is 2.54. The molecule has 0 aliphatic heterocycles. The van der Waals surface area contributed by atoms with Gasteiger partial charge in [-0.1, -0.05) is 129 Å². The highest BCUT2D eigenvalue weighted by atomic mass is 16.3. The fourth-order valence-corrected chi connectivity index (χ4v) is 10.00. The lowest BCUT2D eigenvalue weighted by molar-refractivity contribution is 0.620. The molecule has 0 radical (unpaired) electrons. The average molecular weight is 836 g/mol. The monoisotopic (exact) mass is 835 g/mol. The molecule has 0 unspecified atom stereocenters. The Morgan fingerprint density at radius 2 is 1.12 bits per heavy atom. The van der Waals surface area contributed by atoms with E-state index < -0.39 is 0 Å². The van der Waals surface area contributed by atoms with Gasteiger partial charge in [-0.3, -0.25) is 4.99 Å². The van der Waals surface area contributed by atoms with E-state index in [9.17, 15) is 0 Å². The predicted molar refractivity (Wildman–Crippen MR) is 271 cm³/mol. The molecular formula is C61H45N3O. The molecule has 0 bridgehead atoms. The average Bonchev–Trinajstić information content (AvgIpc) is 4.00. The highest BCUT2D eigenvalue weighted by molar-refractivity contribution is 6.12. The van der Waals surface area contributed by atoms with Crippen molar-refractivity contribution >= 4 is 44.3 Å². The second-order valence-electron chi connectivity index (χ2n) is 17.9. The number of oxazole rings is 1. The zero-order valence-electron chi connectivity index (χ0n) is 36.8. The van der Waals surface area contributed by atoms with E-state index in [1.165, 1.54) is 60.9 Å². The molecule has 310 valence electrons. The molecule has 0 fully saturated rings. The molecular weight excluding hydrogens is 791 g/mol. The topological polar surface area (TPSA) is 43.3 Å². The number of rotatable bonds is 7. The van der Waals surface area contributed by atoms with Crippen LogP contribution in [0, 0.1) is 6.92 Å². The van der Waals surface area contributed by atoms with Crippen molar-refractivity contribution in [2.75, 3.05) is 0 Å². The maximum Gasteiger partial charge on any atom is 0.227 e. The minimum Gasteiger partial charge on any atom is -0.436 e. The van der Waals surface area contributed by atoms with E-state index in [1.54, 1.807) is 0 Å². The number of fused-ring (bicyclic) bond motifs is 7. The smallest absolute Gasteiger partial charge is 0.227 e. The summed E-state index contributed by atoms with van der Waals surface area (Å²) in [6, 6.07) is 72.2. The van der Waals surface area contributed by atoms with Gasteiger partial charge in [0.15, 0.2) is 5.58 Å². The molecule has 2 heterocycles. The molecule has 0 amide bonds. The number of hydrogen-bond donors (Lipinski definition) is 0. The lowest BCUT2D eigenvalue weighted by atomic mass is 9.81. The van der Waals surface area contributed by atoms with Crippen LogP contribution in [0.2, 0.25) is 0 Å². The van der Waals surface area contributed by atoms with Crippen molar-refractivity contribution in [2.45, 2.75) is 33.1 Å². The van der Waals surface area contributed by atoms with E-state index in [2.05, 4.69) is 202 Å². The van der Waals surface area contributed by atoms with E-state index in [4.69, 9.17) is 14.4 Å². The largest absolute Gasteiger partial charge is 0.436 e. The molecule has 1 aliphatic rings. The summed E-state index contributed by atoms with van der Waals surface area (Å²) in [6.07, 6.45) is 0. The number of benzene rings is 9. The second-order valence-corrected chi connectivity index (χ2v) is 17.9. The molecule has 2 aromatic heterocycles. The van der Waals surface area contributed by atoms with Crippen molar-refractivity contribution in [3.63, 3.8) is 0 Å². The fraction of sp³-hybridized carbons (Fsp3) is 0.0820. The first kappa shape index (κ1) is 38.6. The third-order valence-corrected chi connectivity index (χ3v) is 13.5. The van der Waals surface area contributed by atoms with Gasteiger partial charge in [-0.15, -0.1) is 0 Å². The summed E-state index contributed by atoms with van der Waals surface area (Å²) in [6.45, 7) is 8.96. The quantitative estimate of drug-likeness (QED) is 0.150. The van der Waals surface area contributed by atoms with Crippen LogP contribution >= 0.6 is 0 Å². The van der Waals surface area contributed by atoms with Gasteiger partial charge in [-0.2, -0.15) is 0 Å². The molecule has 0 saturated carbocycles. The molecule has 0 spiro atoms. The minimum atomic E-state index is -0.221. The Balaban J connectivity index is 0.963. The Labute approximate surface area is 378 Å². The number of aliphatic imine (C=N–C) groups is 1. The number of para-hydroxylation sites is 5. The Hall–Kier alpha value is -8.08. The lowest BCUT2D eigenvalue weighted by Crippen LogP contribution is -2.15. The number of aromatic nitrogens is 2. The van der Waals surface area contributed by atoms with Crippen LogP contribution in [-0.4, -0.2) is 15.3 Å². The van der Waals surface area contributed by atoms with Crippen molar-refractivity contribution in [2.24, 2.45) is 4.99 Å². The highest BCUT2D eigenvalue weighted by Gasteiger charge is 2.37. The zero-order valence-corrected chi connectivity index (χ0v) is 36.8. The SMILES string of the molecule is CC(=Nc1ccccc1C)c1ccc(-c2cc(-c3ccc(-c4nc5ccccc5o4)cc3)cc(-c3ccc4c(c3)C(C)(C)c3cc5c(cc3-4)c3ccccc3n5-c3ccccc3)c2)cc1. The molecule has 1 aliphatic carbocycles. The fourth-order valence-electron chi connectivity index (χ4n) is 10.00. The van der Waals surface area contributed by atoms with E-state index in [0.29, 0.717) is 5.89 Å². The normalized spacial score (nSPS) is 13.1. The van der Waals surface area contributed by atoms with Crippen LogP contribution in [-0.2, 0) is 5.41 Å². The van der Waals surface area contributed by atoms with Crippen molar-refractivity contribution in [3.8, 4) is 61.6 Å². The first-order valence-electron chi connectivity index (χ1n) is 22.4. The van der Waals surface area contributed by atoms with Crippen LogP contribution < -0.4 is 0 Å². The first-order valence-corrected chi connectivity index (χ1v) is 22.4. The zero-order chi connectivity index (χ0) is 43.8. The van der Waals surface area contributed by atoms with E-state index in [-0.39, 0.29) is 5.41 Å². The molecule has 9 aromatic carbocycles. The van der Waals surface area contributed by atoms with E-state index >= 15 is 0 Å². The Morgan fingerprint density at radius 1 is 0.508 bits per heavy atom. The summed E-state index contributed by atoms with van der Waals surface area (Å²) in [4.78, 5) is 9.75. The third-order valence-electron chi connectivity index (χ3n) is 13.5. The Morgan fingerprint density at radius 3 is 1.88 bits per heavy atom. The number of nitrogens with zero attached hydrogens (tertiary/aromatic N) is 3. The molecule has 4 heteroatoms. The van der Waals surface area contributed by atoms with Gasteiger partial charge in [0.1, 0.15) is 5.52 Å². The van der Waals surface area contributed by atoms with Crippen LogP contribution in [0.15, 0.2) is 210 Å². The van der Waals surface area contributed by atoms with Crippen LogP contribution in [0.4, 0.5) is 5.69 Å². The second kappa shape index (κ2) is 15.0. The van der Waals surface area contributed by atoms with Gasteiger partial charge in [0.05, 0.1) is 16.7 Å². The van der Waals surface area contributed by atoms with Gasteiger partial charge in [0, 0.05) is 33.1 Å². The van der Waals surface area contributed by atoms with Crippen LogP contribution in [0.1, 0.15) is 43.0 Å². The minimum absolute atomic E-state index is 0.221. The predicted octanol–water partition coefficient (Wildman–Crippen LogP) is 16.3. The van der Waals surface area contributed by atoms with Gasteiger partial charge in [-0.05, 0) is 166 Å². The molecule has 11 aromatic rings. The summed E-state index contributed by atoms with van der Waals surface area (Å²) >= 11 is 0. The number of aryl methyl sites for hydroxylation is 1. The van der Waals surface area contributed by atoms with Crippen molar-refractivity contribution in [1.29, 1.82) is 0 Å². The van der Waals surface area contributed by atoms with Crippen molar-refractivity contribution in [1.82, 2.24) is 9.55 Å². The highest BCUT2D eigenvalue weighted by Crippen LogP contribution is 2.52. The Kier molecular flexibility index (Phi) is 8.92. The van der Waals surface area contributed by atoms with Gasteiger partial charge in [0.25, 0.3) is 0 Å². The van der Waals surface area contributed by atoms with Crippen LogP contribution in [0.3, 0.4) is 0 Å². The molecule has 65 heavy (non-hydrogen) atoms. The third kappa shape index (κ3) is 6.52. The molecule has 0 atom stereocenters. The maximum atomic E-state index is 6.14. The van der Waals surface area contributed by atoms with Crippen molar-refractivity contribution in [3.05, 3.63) is 222 Å². The summed E-state index contributed by atoms with van der Waals surface area (Å²) < 4.78 is 8.56. The summed E-state index contributed by atoms with van der Waals surface area (Å²) in [5.41, 5.74) is 22.5. The lowest BCUT2D eigenvalue weighted by Gasteiger charge is -2.22. The Bertz CT molecular complexity index is 3650. The summed E-state index contributed by atoms with van der Waals surface area (Å²) in [7, 11) is 0. The maximum absolute atomic E-state index is 6.14. The first-order chi connectivity index (χ1) is 31.8. The van der Waals surface area contributed by atoms with Gasteiger partial charge < -0.3 is 8.98 Å².